The maximum atomic E-state index is 12.4. The number of ether oxygens (including phenoxy) is 2. The van der Waals surface area contributed by atoms with Crippen molar-refractivity contribution < 1.29 is 14.3 Å². The first-order valence-electron chi connectivity index (χ1n) is 8.76. The molecular formula is C22H19N3O3S. The molecule has 0 saturated heterocycles. The zero-order chi connectivity index (χ0) is 20.6. The Hall–Kier alpha value is -3.63. The fourth-order valence-electron chi connectivity index (χ4n) is 2.57. The van der Waals surface area contributed by atoms with Gasteiger partial charge in [-0.2, -0.15) is 5.26 Å². The molecule has 1 aromatic heterocycles. The Morgan fingerprint density at radius 2 is 1.72 bits per heavy atom. The quantitative estimate of drug-likeness (QED) is 0.468. The van der Waals surface area contributed by atoms with E-state index in [9.17, 15) is 10.1 Å². The third-order valence-electron chi connectivity index (χ3n) is 4.10. The number of hydrogen-bond acceptors (Lipinski definition) is 6. The number of carbonyl (C=O) groups is 1. The zero-order valence-electron chi connectivity index (χ0n) is 16.0. The van der Waals surface area contributed by atoms with Crippen molar-refractivity contribution in [2.24, 2.45) is 0 Å². The van der Waals surface area contributed by atoms with Crippen molar-refractivity contribution in [3.8, 4) is 17.6 Å². The van der Waals surface area contributed by atoms with Crippen molar-refractivity contribution in [1.29, 1.82) is 5.26 Å². The van der Waals surface area contributed by atoms with Crippen molar-refractivity contribution >= 4 is 28.5 Å². The first-order chi connectivity index (χ1) is 14.1. The number of amides is 1. The molecule has 29 heavy (non-hydrogen) atoms. The number of rotatable bonds is 7. The number of methoxy groups -OCH3 is 2. The average Bonchev–Trinajstić information content (AvgIpc) is 3.19. The van der Waals surface area contributed by atoms with Gasteiger partial charge >= 0.3 is 0 Å². The van der Waals surface area contributed by atoms with Crippen LogP contribution < -0.4 is 14.8 Å². The molecule has 0 aliphatic carbocycles. The van der Waals surface area contributed by atoms with E-state index in [1.807, 2.05) is 30.3 Å². The zero-order valence-corrected chi connectivity index (χ0v) is 16.8. The third-order valence-corrected chi connectivity index (χ3v) is 5.02. The molecule has 2 aromatic carbocycles. The Morgan fingerprint density at radius 3 is 2.31 bits per heavy atom. The van der Waals surface area contributed by atoms with Crippen LogP contribution in [-0.4, -0.2) is 25.1 Å². The van der Waals surface area contributed by atoms with Gasteiger partial charge in [0.15, 0.2) is 5.13 Å². The molecule has 3 rings (SSSR count). The van der Waals surface area contributed by atoms with E-state index < -0.39 is 5.91 Å². The molecule has 0 saturated carbocycles. The molecule has 0 fully saturated rings. The van der Waals surface area contributed by atoms with Crippen LogP contribution in [-0.2, 0) is 11.2 Å². The minimum Gasteiger partial charge on any atom is -0.497 e. The summed E-state index contributed by atoms with van der Waals surface area (Å²) in [5.74, 6) is 1.02. The fraction of sp³-hybridized carbons (Fsp3) is 0.136. The summed E-state index contributed by atoms with van der Waals surface area (Å²) in [6, 6.07) is 16.8. The topological polar surface area (TPSA) is 84.2 Å². The van der Waals surface area contributed by atoms with Crippen molar-refractivity contribution in [2.45, 2.75) is 6.42 Å². The van der Waals surface area contributed by atoms with Crippen LogP contribution in [0.5, 0.6) is 11.5 Å². The third kappa shape index (κ3) is 5.43. The van der Waals surface area contributed by atoms with Crippen LogP contribution in [0.1, 0.15) is 16.0 Å². The van der Waals surface area contributed by atoms with Crippen molar-refractivity contribution in [1.82, 2.24) is 4.98 Å². The minimum absolute atomic E-state index is 0.00192. The van der Waals surface area contributed by atoms with Gasteiger partial charge in [0.25, 0.3) is 5.91 Å². The van der Waals surface area contributed by atoms with Gasteiger partial charge in [-0.1, -0.05) is 24.3 Å². The first-order valence-corrected chi connectivity index (χ1v) is 9.57. The number of nitrogens with one attached hydrogen (secondary N) is 1. The van der Waals surface area contributed by atoms with Gasteiger partial charge in [0.2, 0.25) is 0 Å². The molecule has 0 aliphatic rings. The Bertz CT molecular complexity index is 1050. The molecule has 1 heterocycles. The Morgan fingerprint density at radius 1 is 1.10 bits per heavy atom. The van der Waals surface area contributed by atoms with Crippen LogP contribution in [0.4, 0.5) is 5.13 Å². The van der Waals surface area contributed by atoms with Crippen LogP contribution in [0.15, 0.2) is 60.3 Å². The van der Waals surface area contributed by atoms with E-state index >= 15 is 0 Å². The van der Waals surface area contributed by atoms with E-state index in [0.717, 1.165) is 21.8 Å². The van der Waals surface area contributed by atoms with Gasteiger partial charge in [-0.15, -0.1) is 11.3 Å². The summed E-state index contributed by atoms with van der Waals surface area (Å²) < 4.78 is 10.3. The summed E-state index contributed by atoms with van der Waals surface area (Å²) in [6.45, 7) is 0. The number of nitrogens with zero attached hydrogens (tertiary/aromatic N) is 2. The molecule has 0 spiro atoms. The number of nitriles is 1. The molecule has 7 heteroatoms. The summed E-state index contributed by atoms with van der Waals surface area (Å²) in [5.41, 5.74) is 1.85. The van der Waals surface area contributed by atoms with Gasteiger partial charge in [-0.25, -0.2) is 4.98 Å². The second kappa shape index (κ2) is 9.53. The van der Waals surface area contributed by atoms with Crippen molar-refractivity contribution in [3.63, 3.8) is 0 Å². The molecular weight excluding hydrogens is 386 g/mol. The van der Waals surface area contributed by atoms with Crippen LogP contribution >= 0.6 is 11.3 Å². The largest absolute Gasteiger partial charge is 0.497 e. The average molecular weight is 405 g/mol. The number of benzene rings is 2. The van der Waals surface area contributed by atoms with E-state index in [1.54, 1.807) is 44.7 Å². The lowest BCUT2D eigenvalue weighted by Gasteiger charge is -2.02. The minimum atomic E-state index is -0.492. The predicted octanol–water partition coefficient (Wildman–Crippen LogP) is 4.30. The molecule has 0 atom stereocenters. The number of carbonyl (C=O) groups excluding carboxylic acids is 1. The molecule has 6 nitrogen and oxygen atoms in total. The number of anilines is 1. The van der Waals surface area contributed by atoms with Gasteiger partial charge in [0, 0.05) is 17.5 Å². The number of thiazole rings is 1. The normalized spacial score (nSPS) is 10.9. The van der Waals surface area contributed by atoms with E-state index in [-0.39, 0.29) is 5.57 Å². The standard InChI is InChI=1S/C22H19N3O3S/c1-27-18-7-3-15(4-8-18)11-17(13-23)21(26)25-22-24-14-20(29-22)12-16-5-9-19(28-2)10-6-16/h3-11,14H,12H2,1-2H3,(H,24,25,26)/b17-11+. The molecule has 1 amide bonds. The van der Waals surface area contributed by atoms with Crippen LogP contribution in [0.25, 0.3) is 6.08 Å². The Kier molecular flexibility index (Phi) is 6.61. The summed E-state index contributed by atoms with van der Waals surface area (Å²) >= 11 is 1.38. The summed E-state index contributed by atoms with van der Waals surface area (Å²) in [4.78, 5) is 17.7. The lowest BCUT2D eigenvalue weighted by molar-refractivity contribution is -0.112. The van der Waals surface area contributed by atoms with E-state index in [2.05, 4.69) is 10.3 Å². The second-order valence-corrected chi connectivity index (χ2v) is 7.17. The molecule has 0 aliphatic heterocycles. The summed E-state index contributed by atoms with van der Waals surface area (Å²) in [5, 5.41) is 12.5. The smallest absolute Gasteiger partial charge is 0.268 e. The number of aromatic nitrogens is 1. The molecule has 146 valence electrons. The summed E-state index contributed by atoms with van der Waals surface area (Å²) in [6.07, 6.45) is 3.95. The van der Waals surface area contributed by atoms with Gasteiger partial charge in [-0.05, 0) is 41.5 Å². The van der Waals surface area contributed by atoms with Crippen LogP contribution in [0, 0.1) is 11.3 Å². The Balaban J connectivity index is 1.66. The maximum Gasteiger partial charge on any atom is 0.268 e. The lowest BCUT2D eigenvalue weighted by Crippen LogP contribution is -2.13. The molecule has 1 N–H and O–H groups in total. The second-order valence-electron chi connectivity index (χ2n) is 6.05. The van der Waals surface area contributed by atoms with Crippen molar-refractivity contribution in [2.75, 3.05) is 19.5 Å². The van der Waals surface area contributed by atoms with Gasteiger partial charge in [0.1, 0.15) is 23.1 Å². The molecule has 0 unspecified atom stereocenters. The van der Waals surface area contributed by atoms with Crippen LogP contribution in [0.2, 0.25) is 0 Å². The van der Waals surface area contributed by atoms with Gasteiger partial charge in [-0.3, -0.25) is 10.1 Å². The first kappa shape index (κ1) is 20.1. The highest BCUT2D eigenvalue weighted by molar-refractivity contribution is 7.15. The number of hydrogen-bond donors (Lipinski definition) is 1. The molecule has 0 radical (unpaired) electrons. The highest BCUT2D eigenvalue weighted by Crippen LogP contribution is 2.23. The monoisotopic (exact) mass is 405 g/mol. The van der Waals surface area contributed by atoms with Gasteiger partial charge < -0.3 is 9.47 Å². The van der Waals surface area contributed by atoms with E-state index in [4.69, 9.17) is 9.47 Å². The molecule has 3 aromatic rings. The van der Waals surface area contributed by atoms with Gasteiger partial charge in [0.05, 0.1) is 14.2 Å². The highest BCUT2D eigenvalue weighted by Gasteiger charge is 2.12. The molecule has 0 bridgehead atoms. The van der Waals surface area contributed by atoms with Crippen molar-refractivity contribution in [3.05, 3.63) is 76.3 Å². The van der Waals surface area contributed by atoms with E-state index in [1.165, 1.54) is 17.4 Å². The lowest BCUT2D eigenvalue weighted by atomic mass is 10.1. The van der Waals surface area contributed by atoms with Crippen LogP contribution in [0.3, 0.4) is 0 Å². The summed E-state index contributed by atoms with van der Waals surface area (Å²) in [7, 11) is 3.21. The Labute approximate surface area is 173 Å². The predicted molar refractivity (Wildman–Crippen MR) is 113 cm³/mol. The fourth-order valence-corrected chi connectivity index (χ4v) is 3.41. The highest BCUT2D eigenvalue weighted by atomic mass is 32.1. The maximum absolute atomic E-state index is 12.4. The van der Waals surface area contributed by atoms with E-state index in [0.29, 0.717) is 17.3 Å². The SMILES string of the molecule is COc1ccc(/C=C(\C#N)C(=O)Nc2ncc(Cc3ccc(OC)cc3)s2)cc1.